The Bertz CT molecular complexity index is 1070. The van der Waals surface area contributed by atoms with Gasteiger partial charge in [-0.3, -0.25) is 4.79 Å². The van der Waals surface area contributed by atoms with Gasteiger partial charge >= 0.3 is 5.97 Å². The number of nitrogens with one attached hydrogen (secondary N) is 1. The van der Waals surface area contributed by atoms with Crippen molar-refractivity contribution in [2.24, 2.45) is 0 Å². The minimum Gasteiger partial charge on any atom is -0.462 e. The van der Waals surface area contributed by atoms with Crippen molar-refractivity contribution < 1.29 is 14.3 Å². The van der Waals surface area contributed by atoms with Crippen LogP contribution in [0.3, 0.4) is 0 Å². The Morgan fingerprint density at radius 2 is 1.68 bits per heavy atom. The second-order valence-electron chi connectivity index (χ2n) is 7.78. The molecule has 2 aromatic carbocycles. The molecule has 0 fully saturated rings. The molecule has 3 rings (SSSR count). The average molecular weight is 436 g/mol. The Morgan fingerprint density at radius 3 is 2.35 bits per heavy atom. The van der Waals surface area contributed by atoms with Crippen molar-refractivity contribution in [1.82, 2.24) is 0 Å². The van der Waals surface area contributed by atoms with Gasteiger partial charge in [0.15, 0.2) is 0 Å². The van der Waals surface area contributed by atoms with Crippen molar-refractivity contribution in [2.45, 2.75) is 47.0 Å². The maximum absolute atomic E-state index is 12.7. The maximum atomic E-state index is 12.7. The number of aryl methyl sites for hydroxylation is 4. The van der Waals surface area contributed by atoms with Gasteiger partial charge in [0.05, 0.1) is 6.61 Å². The highest BCUT2D eigenvalue weighted by Crippen LogP contribution is 2.38. The molecule has 0 atom stereocenters. The van der Waals surface area contributed by atoms with Crippen LogP contribution in [0.25, 0.3) is 11.1 Å². The molecular formula is C26H29NO3S. The zero-order valence-electron chi connectivity index (χ0n) is 18.6. The zero-order chi connectivity index (χ0) is 22.4. The number of esters is 1. The second kappa shape index (κ2) is 10.4. The number of carbonyl (C=O) groups excluding carboxylic acids is 2. The van der Waals surface area contributed by atoms with Crippen molar-refractivity contribution in [2.75, 3.05) is 11.9 Å². The first-order valence-electron chi connectivity index (χ1n) is 10.6. The lowest BCUT2D eigenvalue weighted by molar-refractivity contribution is -0.116. The van der Waals surface area contributed by atoms with Crippen LogP contribution in [0.4, 0.5) is 5.00 Å². The van der Waals surface area contributed by atoms with E-state index in [1.54, 1.807) is 6.92 Å². The smallest absolute Gasteiger partial charge is 0.341 e. The van der Waals surface area contributed by atoms with Crippen LogP contribution in [-0.4, -0.2) is 18.5 Å². The van der Waals surface area contributed by atoms with Crippen molar-refractivity contribution in [3.63, 3.8) is 0 Å². The molecule has 1 aromatic heterocycles. The molecule has 4 nitrogen and oxygen atoms in total. The number of carbonyl (C=O) groups is 2. The Labute approximate surface area is 188 Å². The summed E-state index contributed by atoms with van der Waals surface area (Å²) in [4.78, 5) is 25.3. The largest absolute Gasteiger partial charge is 0.462 e. The van der Waals surface area contributed by atoms with Gasteiger partial charge in [-0.25, -0.2) is 4.79 Å². The van der Waals surface area contributed by atoms with Gasteiger partial charge in [0.2, 0.25) is 5.91 Å². The minimum absolute atomic E-state index is 0.0910. The van der Waals surface area contributed by atoms with E-state index in [-0.39, 0.29) is 12.5 Å². The highest BCUT2D eigenvalue weighted by atomic mass is 32.1. The van der Waals surface area contributed by atoms with Gasteiger partial charge in [-0.05, 0) is 57.2 Å². The molecule has 1 heterocycles. The molecule has 0 aliphatic rings. The van der Waals surface area contributed by atoms with E-state index in [0.29, 0.717) is 17.0 Å². The summed E-state index contributed by atoms with van der Waals surface area (Å²) < 4.78 is 5.30. The number of thiophene rings is 1. The fraction of sp³-hybridized carbons (Fsp3) is 0.308. The van der Waals surface area contributed by atoms with Crippen molar-refractivity contribution in [3.8, 4) is 11.1 Å². The molecule has 31 heavy (non-hydrogen) atoms. The van der Waals surface area contributed by atoms with E-state index in [4.69, 9.17) is 4.74 Å². The van der Waals surface area contributed by atoms with Gasteiger partial charge < -0.3 is 10.1 Å². The number of anilines is 1. The van der Waals surface area contributed by atoms with Crippen LogP contribution in [-0.2, 0) is 16.0 Å². The van der Waals surface area contributed by atoms with E-state index in [1.165, 1.54) is 22.5 Å². The molecule has 162 valence electrons. The van der Waals surface area contributed by atoms with Crippen LogP contribution in [0, 0.1) is 20.8 Å². The summed E-state index contributed by atoms with van der Waals surface area (Å²) in [6.07, 6.45) is 1.99. The van der Waals surface area contributed by atoms with Gasteiger partial charge in [-0.2, -0.15) is 0 Å². The van der Waals surface area contributed by atoms with Crippen LogP contribution in [0.1, 0.15) is 52.4 Å². The van der Waals surface area contributed by atoms with Gasteiger partial charge in [0.25, 0.3) is 0 Å². The molecule has 0 aliphatic heterocycles. The van der Waals surface area contributed by atoms with E-state index in [2.05, 4.69) is 42.6 Å². The lowest BCUT2D eigenvalue weighted by Gasteiger charge is -2.11. The summed E-state index contributed by atoms with van der Waals surface area (Å²) in [6.45, 7) is 8.19. The fourth-order valence-electron chi connectivity index (χ4n) is 3.57. The van der Waals surface area contributed by atoms with E-state index in [9.17, 15) is 9.59 Å². The van der Waals surface area contributed by atoms with E-state index >= 15 is 0 Å². The van der Waals surface area contributed by atoms with Crippen LogP contribution < -0.4 is 5.32 Å². The van der Waals surface area contributed by atoms with E-state index < -0.39 is 5.97 Å². The summed E-state index contributed by atoms with van der Waals surface area (Å²) >= 11 is 1.37. The molecule has 1 N–H and O–H groups in total. The number of amides is 1. The molecule has 0 saturated carbocycles. The first-order chi connectivity index (χ1) is 14.9. The second-order valence-corrected chi connectivity index (χ2v) is 8.66. The van der Waals surface area contributed by atoms with Crippen molar-refractivity contribution in [1.29, 1.82) is 0 Å². The molecule has 0 saturated heterocycles. The number of hydrogen-bond acceptors (Lipinski definition) is 4. The maximum Gasteiger partial charge on any atom is 0.341 e. The SMILES string of the molecule is CCOC(=O)c1c(-c2ccc(C)cc2C)csc1NC(=O)CCCc1ccc(C)cc1. The Balaban J connectivity index is 1.75. The Morgan fingerprint density at radius 1 is 0.968 bits per heavy atom. The highest BCUT2D eigenvalue weighted by molar-refractivity contribution is 7.15. The van der Waals surface area contributed by atoms with E-state index in [1.807, 2.05) is 31.4 Å². The summed E-state index contributed by atoms with van der Waals surface area (Å²) in [6, 6.07) is 14.5. The summed E-state index contributed by atoms with van der Waals surface area (Å²) in [5.74, 6) is -0.500. The first kappa shape index (κ1) is 22.8. The summed E-state index contributed by atoms with van der Waals surface area (Å²) in [5, 5.41) is 5.42. The third-order valence-corrected chi connectivity index (χ3v) is 6.08. The third kappa shape index (κ3) is 5.82. The number of hydrogen-bond donors (Lipinski definition) is 1. The molecule has 5 heteroatoms. The predicted molar refractivity (Wildman–Crippen MR) is 128 cm³/mol. The summed E-state index contributed by atoms with van der Waals surface area (Å²) in [7, 11) is 0. The quantitative estimate of drug-likeness (QED) is 0.412. The standard InChI is InChI=1S/C26H29NO3S/c1-5-30-26(29)24-22(21-14-11-18(3)15-19(21)4)16-31-25(24)27-23(28)8-6-7-20-12-9-17(2)10-13-20/h9-16H,5-8H2,1-4H3,(H,27,28). The third-order valence-electron chi connectivity index (χ3n) is 5.19. The molecule has 0 bridgehead atoms. The van der Waals surface area contributed by atoms with Crippen LogP contribution >= 0.6 is 11.3 Å². The highest BCUT2D eigenvalue weighted by Gasteiger charge is 2.23. The van der Waals surface area contributed by atoms with Crippen molar-refractivity contribution in [3.05, 3.63) is 75.7 Å². The van der Waals surface area contributed by atoms with Gasteiger partial charge in [0, 0.05) is 17.4 Å². The summed E-state index contributed by atoms with van der Waals surface area (Å²) in [5.41, 5.74) is 6.91. The lowest BCUT2D eigenvalue weighted by atomic mass is 9.97. The van der Waals surface area contributed by atoms with Crippen LogP contribution in [0.5, 0.6) is 0 Å². The normalized spacial score (nSPS) is 10.7. The lowest BCUT2D eigenvalue weighted by Crippen LogP contribution is -2.14. The molecule has 1 amide bonds. The van der Waals surface area contributed by atoms with Gasteiger partial charge in [-0.1, -0.05) is 53.6 Å². The van der Waals surface area contributed by atoms with Crippen molar-refractivity contribution >= 4 is 28.2 Å². The molecule has 0 radical (unpaired) electrons. The zero-order valence-corrected chi connectivity index (χ0v) is 19.4. The first-order valence-corrected chi connectivity index (χ1v) is 11.5. The number of benzene rings is 2. The van der Waals surface area contributed by atoms with Crippen LogP contribution in [0.2, 0.25) is 0 Å². The predicted octanol–water partition coefficient (Wildman–Crippen LogP) is 6.48. The Kier molecular flexibility index (Phi) is 7.64. The van der Waals surface area contributed by atoms with Crippen LogP contribution in [0.15, 0.2) is 47.8 Å². The number of rotatable bonds is 8. The monoisotopic (exact) mass is 435 g/mol. The Hall–Kier alpha value is -2.92. The molecular weight excluding hydrogens is 406 g/mol. The minimum atomic E-state index is -0.409. The van der Waals surface area contributed by atoms with Gasteiger partial charge in [-0.15, -0.1) is 11.3 Å². The molecule has 0 aliphatic carbocycles. The van der Waals surface area contributed by atoms with Gasteiger partial charge in [0.1, 0.15) is 10.6 Å². The molecule has 0 spiro atoms. The number of ether oxygens (including phenoxy) is 1. The van der Waals surface area contributed by atoms with E-state index in [0.717, 1.165) is 35.1 Å². The average Bonchev–Trinajstić information content (AvgIpc) is 3.13. The fourth-order valence-corrected chi connectivity index (χ4v) is 4.53. The molecule has 0 unspecified atom stereocenters. The topological polar surface area (TPSA) is 55.4 Å². The molecule has 3 aromatic rings.